The Morgan fingerprint density at radius 1 is 1.53 bits per heavy atom. The Labute approximate surface area is 109 Å². The molecule has 1 fully saturated rings. The molecule has 1 N–H and O–H groups in total. The average molecular weight is 278 g/mol. The number of piperazine rings is 1. The first-order valence-corrected chi connectivity index (χ1v) is 5.94. The second-order valence-electron chi connectivity index (χ2n) is 4.07. The lowest BCUT2D eigenvalue weighted by atomic mass is 10.1. The Kier molecular flexibility index (Phi) is 5.81. The van der Waals surface area contributed by atoms with E-state index in [0.717, 1.165) is 4.90 Å². The molecule has 1 rings (SSSR count). The van der Waals surface area contributed by atoms with Crippen LogP contribution in [0, 0.1) is 0 Å². The van der Waals surface area contributed by atoms with Crippen LogP contribution in [0.3, 0.4) is 0 Å². The molecule has 1 saturated heterocycles. The van der Waals surface area contributed by atoms with Crippen LogP contribution in [-0.2, 0) is 19.1 Å². The zero-order chi connectivity index (χ0) is 14.4. The molecular weight excluding hydrogens is 262 g/mol. The van der Waals surface area contributed by atoms with E-state index in [0.29, 0.717) is 6.42 Å². The summed E-state index contributed by atoms with van der Waals surface area (Å²) < 4.78 is 28.2. The van der Waals surface area contributed by atoms with Gasteiger partial charge in [-0.1, -0.05) is 6.92 Å². The molecule has 19 heavy (non-hydrogen) atoms. The monoisotopic (exact) mass is 278 g/mol. The van der Waals surface area contributed by atoms with E-state index < -0.39 is 36.8 Å². The molecule has 1 atom stereocenters. The Balaban J connectivity index is 2.48. The van der Waals surface area contributed by atoms with Crippen molar-refractivity contribution in [3.05, 3.63) is 0 Å². The van der Waals surface area contributed by atoms with Crippen LogP contribution in [0.5, 0.6) is 0 Å². The number of ether oxygens (including phenoxy) is 1. The fraction of sp³-hybridized carbons (Fsp3) is 0.727. The van der Waals surface area contributed by atoms with E-state index in [1.807, 2.05) is 0 Å². The Hall–Kier alpha value is -1.57. The number of nitrogens with zero attached hydrogens (tertiary/aromatic N) is 1. The van der Waals surface area contributed by atoms with Crippen LogP contribution in [-0.4, -0.2) is 54.8 Å². The van der Waals surface area contributed by atoms with E-state index in [1.54, 1.807) is 6.92 Å². The fourth-order valence-electron chi connectivity index (χ4n) is 1.81. The van der Waals surface area contributed by atoms with Gasteiger partial charge in [-0.05, 0) is 6.42 Å². The number of nitrogens with one attached hydrogen (secondary N) is 1. The van der Waals surface area contributed by atoms with E-state index in [9.17, 15) is 23.2 Å². The van der Waals surface area contributed by atoms with Gasteiger partial charge in [0.2, 0.25) is 17.7 Å². The van der Waals surface area contributed by atoms with Gasteiger partial charge in [0.1, 0.15) is 19.2 Å². The molecule has 1 unspecified atom stereocenters. The van der Waals surface area contributed by atoms with Gasteiger partial charge in [0, 0.05) is 0 Å². The normalized spacial score (nSPS) is 19.8. The van der Waals surface area contributed by atoms with Crippen LogP contribution in [0.4, 0.5) is 8.78 Å². The van der Waals surface area contributed by atoms with Crippen molar-refractivity contribution in [1.82, 2.24) is 10.2 Å². The van der Waals surface area contributed by atoms with Crippen molar-refractivity contribution >= 4 is 17.7 Å². The number of hydrogen-bond donors (Lipinski definition) is 1. The summed E-state index contributed by atoms with van der Waals surface area (Å²) in [6.07, 6.45) is -2.34. The summed E-state index contributed by atoms with van der Waals surface area (Å²) in [6.45, 7) is 0.626. The zero-order valence-corrected chi connectivity index (χ0v) is 10.5. The van der Waals surface area contributed by atoms with Gasteiger partial charge >= 0.3 is 0 Å². The molecule has 0 bridgehead atoms. The first-order valence-electron chi connectivity index (χ1n) is 5.94. The van der Waals surface area contributed by atoms with Crippen molar-refractivity contribution in [2.24, 2.45) is 0 Å². The first kappa shape index (κ1) is 15.5. The summed E-state index contributed by atoms with van der Waals surface area (Å²) in [7, 11) is 0. The smallest absolute Gasteiger partial charge is 0.261 e. The van der Waals surface area contributed by atoms with Crippen molar-refractivity contribution < 1.29 is 27.9 Å². The van der Waals surface area contributed by atoms with Gasteiger partial charge in [-0.3, -0.25) is 19.7 Å². The molecule has 6 nitrogen and oxygen atoms in total. The third-order valence-electron chi connectivity index (χ3n) is 2.67. The highest BCUT2D eigenvalue weighted by molar-refractivity contribution is 6.04. The van der Waals surface area contributed by atoms with Crippen molar-refractivity contribution in [1.29, 1.82) is 0 Å². The van der Waals surface area contributed by atoms with Gasteiger partial charge in [-0.25, -0.2) is 8.78 Å². The predicted octanol–water partition coefficient (Wildman–Crippen LogP) is -0.0782. The second kappa shape index (κ2) is 7.13. The third-order valence-corrected chi connectivity index (χ3v) is 2.67. The van der Waals surface area contributed by atoms with Gasteiger partial charge in [-0.15, -0.1) is 0 Å². The van der Waals surface area contributed by atoms with E-state index in [4.69, 9.17) is 0 Å². The second-order valence-corrected chi connectivity index (χ2v) is 4.07. The van der Waals surface area contributed by atoms with Crippen LogP contribution >= 0.6 is 0 Å². The molecule has 0 aromatic heterocycles. The molecule has 1 heterocycles. The summed E-state index contributed by atoms with van der Waals surface area (Å²) in [5, 5.41) is 2.15. The number of hydrogen-bond acceptors (Lipinski definition) is 4. The average Bonchev–Trinajstić information content (AvgIpc) is 2.33. The van der Waals surface area contributed by atoms with Gasteiger partial charge in [-0.2, -0.15) is 0 Å². The van der Waals surface area contributed by atoms with Crippen molar-refractivity contribution in [3.63, 3.8) is 0 Å². The Morgan fingerprint density at radius 2 is 2.21 bits per heavy atom. The van der Waals surface area contributed by atoms with E-state index >= 15 is 0 Å². The minimum atomic E-state index is -2.58. The van der Waals surface area contributed by atoms with E-state index in [-0.39, 0.29) is 19.6 Å². The van der Waals surface area contributed by atoms with Gasteiger partial charge in [0.25, 0.3) is 6.43 Å². The molecule has 8 heteroatoms. The lowest BCUT2D eigenvalue weighted by Gasteiger charge is -2.33. The number of halogens is 2. The van der Waals surface area contributed by atoms with Gasteiger partial charge < -0.3 is 9.64 Å². The van der Waals surface area contributed by atoms with Crippen molar-refractivity contribution in [2.75, 3.05) is 19.8 Å². The number of imide groups is 1. The number of rotatable bonds is 6. The molecule has 0 aromatic rings. The minimum Gasteiger partial charge on any atom is -0.375 e. The number of amides is 3. The van der Waals surface area contributed by atoms with Gasteiger partial charge in [0.05, 0.1) is 13.0 Å². The molecule has 0 radical (unpaired) electrons. The van der Waals surface area contributed by atoms with Gasteiger partial charge in [0.15, 0.2) is 0 Å². The van der Waals surface area contributed by atoms with Crippen molar-refractivity contribution in [3.8, 4) is 0 Å². The molecular formula is C11H16F2N2O4. The van der Waals surface area contributed by atoms with Crippen LogP contribution in [0.1, 0.15) is 19.8 Å². The molecule has 0 saturated carbocycles. The zero-order valence-electron chi connectivity index (χ0n) is 10.5. The minimum absolute atomic E-state index is 0.135. The van der Waals surface area contributed by atoms with Crippen LogP contribution < -0.4 is 5.32 Å². The quantitative estimate of drug-likeness (QED) is 0.545. The fourth-order valence-corrected chi connectivity index (χ4v) is 1.81. The van der Waals surface area contributed by atoms with E-state index in [2.05, 4.69) is 10.1 Å². The topological polar surface area (TPSA) is 75.7 Å². The third kappa shape index (κ3) is 4.55. The van der Waals surface area contributed by atoms with Crippen LogP contribution in [0.2, 0.25) is 0 Å². The SMILES string of the molecule is CCC1C(=O)NC(=O)CN1C(=O)CCOCC(F)F. The Bertz CT molecular complexity index is 363. The standard InChI is InChI=1S/C11H16F2N2O4/c1-2-7-11(18)14-9(16)5-15(7)10(17)3-4-19-6-8(12)13/h7-8H,2-6H2,1H3,(H,14,16,18). The Morgan fingerprint density at radius 3 is 2.79 bits per heavy atom. The summed E-state index contributed by atoms with van der Waals surface area (Å²) in [5.74, 6) is -1.51. The lowest BCUT2D eigenvalue weighted by molar-refractivity contribution is -0.150. The maximum atomic E-state index is 11.8. The largest absolute Gasteiger partial charge is 0.375 e. The highest BCUT2D eigenvalue weighted by Crippen LogP contribution is 2.11. The first-order chi connectivity index (χ1) is 8.95. The maximum absolute atomic E-state index is 11.8. The number of carbonyl (C=O) groups is 3. The molecule has 1 aliphatic rings. The highest BCUT2D eigenvalue weighted by Gasteiger charge is 2.35. The molecule has 0 aromatic carbocycles. The van der Waals surface area contributed by atoms with Crippen LogP contribution in [0.15, 0.2) is 0 Å². The molecule has 0 spiro atoms. The summed E-state index contributed by atoms with van der Waals surface area (Å²) in [5.41, 5.74) is 0. The van der Waals surface area contributed by atoms with E-state index in [1.165, 1.54) is 0 Å². The van der Waals surface area contributed by atoms with Crippen LogP contribution in [0.25, 0.3) is 0 Å². The molecule has 108 valence electrons. The molecule has 0 aliphatic carbocycles. The lowest BCUT2D eigenvalue weighted by Crippen LogP contribution is -2.59. The molecule has 1 aliphatic heterocycles. The predicted molar refractivity (Wildman–Crippen MR) is 60.4 cm³/mol. The van der Waals surface area contributed by atoms with Crippen molar-refractivity contribution in [2.45, 2.75) is 32.2 Å². The number of carbonyl (C=O) groups excluding carboxylic acids is 3. The number of alkyl halides is 2. The maximum Gasteiger partial charge on any atom is 0.261 e. The summed E-state index contributed by atoms with van der Waals surface area (Å²) in [4.78, 5) is 35.7. The summed E-state index contributed by atoms with van der Waals surface area (Å²) >= 11 is 0. The summed E-state index contributed by atoms with van der Waals surface area (Å²) in [6, 6.07) is -0.694. The molecule has 3 amide bonds. The highest BCUT2D eigenvalue weighted by atomic mass is 19.3.